The Bertz CT molecular complexity index is 790. The summed E-state index contributed by atoms with van der Waals surface area (Å²) in [7, 11) is 0. The van der Waals surface area contributed by atoms with Crippen LogP contribution < -0.4 is 5.32 Å². The summed E-state index contributed by atoms with van der Waals surface area (Å²) in [5.41, 5.74) is 1.32. The molecule has 0 bridgehead atoms. The molecule has 1 N–H and O–H groups in total. The summed E-state index contributed by atoms with van der Waals surface area (Å²) in [6, 6.07) is 14.7. The van der Waals surface area contributed by atoms with Gasteiger partial charge in [0.1, 0.15) is 0 Å². The van der Waals surface area contributed by atoms with Gasteiger partial charge >= 0.3 is 0 Å². The van der Waals surface area contributed by atoms with E-state index in [4.69, 9.17) is 11.6 Å². The molecule has 2 aromatic carbocycles. The maximum atomic E-state index is 12.5. The molecule has 26 heavy (non-hydrogen) atoms. The standard InChI is InChI=1S/C19H19ClIN3O2/c20-16-3-1-2-4-17(16)22-18(25)13-23-9-11-24(12-10-23)19(26)14-5-7-15(21)8-6-14/h1-8H,9-13H2,(H,22,25). The number of hydrogen-bond donors (Lipinski definition) is 1. The second-order valence-corrected chi connectivity index (χ2v) is 7.76. The number of rotatable bonds is 4. The number of nitrogens with one attached hydrogen (secondary N) is 1. The number of benzene rings is 2. The monoisotopic (exact) mass is 483 g/mol. The lowest BCUT2D eigenvalue weighted by molar-refractivity contribution is -0.117. The Morgan fingerprint density at radius 3 is 2.31 bits per heavy atom. The molecule has 3 rings (SSSR count). The normalized spacial score (nSPS) is 14.9. The van der Waals surface area contributed by atoms with Crippen LogP contribution >= 0.6 is 34.2 Å². The number of hydrogen-bond acceptors (Lipinski definition) is 3. The third-order valence-electron chi connectivity index (χ3n) is 4.27. The fourth-order valence-electron chi connectivity index (χ4n) is 2.84. The van der Waals surface area contributed by atoms with E-state index in [2.05, 4.69) is 27.9 Å². The summed E-state index contributed by atoms with van der Waals surface area (Å²) in [6.07, 6.45) is 0. The van der Waals surface area contributed by atoms with Gasteiger partial charge in [-0.15, -0.1) is 0 Å². The van der Waals surface area contributed by atoms with Crippen molar-refractivity contribution in [3.63, 3.8) is 0 Å². The third kappa shape index (κ3) is 4.96. The van der Waals surface area contributed by atoms with Crippen LogP contribution in [0.5, 0.6) is 0 Å². The van der Waals surface area contributed by atoms with E-state index in [9.17, 15) is 9.59 Å². The van der Waals surface area contributed by atoms with Gasteiger partial charge in [0.25, 0.3) is 5.91 Å². The van der Waals surface area contributed by atoms with E-state index in [1.54, 1.807) is 12.1 Å². The second-order valence-electron chi connectivity index (χ2n) is 6.10. The zero-order valence-electron chi connectivity index (χ0n) is 14.1. The van der Waals surface area contributed by atoms with Gasteiger partial charge in [-0.25, -0.2) is 0 Å². The van der Waals surface area contributed by atoms with Crippen LogP contribution in [-0.2, 0) is 4.79 Å². The number of amides is 2. The van der Waals surface area contributed by atoms with Crippen LogP contribution in [0.4, 0.5) is 5.69 Å². The predicted octanol–water partition coefficient (Wildman–Crippen LogP) is 3.34. The maximum Gasteiger partial charge on any atom is 0.253 e. The average Bonchev–Trinajstić information content (AvgIpc) is 2.64. The summed E-state index contributed by atoms with van der Waals surface area (Å²) < 4.78 is 1.11. The number of carbonyl (C=O) groups is 2. The lowest BCUT2D eigenvalue weighted by Gasteiger charge is -2.34. The van der Waals surface area contributed by atoms with Gasteiger partial charge in [0.2, 0.25) is 5.91 Å². The highest BCUT2D eigenvalue weighted by Crippen LogP contribution is 2.20. The van der Waals surface area contributed by atoms with Crippen LogP contribution in [0, 0.1) is 3.57 Å². The van der Waals surface area contributed by atoms with Crippen molar-refractivity contribution in [2.75, 3.05) is 38.0 Å². The Labute approximate surface area is 171 Å². The van der Waals surface area contributed by atoms with Gasteiger partial charge in [-0.1, -0.05) is 23.7 Å². The molecule has 1 saturated heterocycles. The molecule has 0 spiro atoms. The minimum absolute atomic E-state index is 0.0431. The lowest BCUT2D eigenvalue weighted by atomic mass is 10.2. The molecule has 0 aromatic heterocycles. The SMILES string of the molecule is O=C(CN1CCN(C(=O)c2ccc(I)cc2)CC1)Nc1ccccc1Cl. The summed E-state index contributed by atoms with van der Waals surface area (Å²) in [4.78, 5) is 28.6. The summed E-state index contributed by atoms with van der Waals surface area (Å²) >= 11 is 8.28. The van der Waals surface area contributed by atoms with Crippen molar-refractivity contribution in [2.24, 2.45) is 0 Å². The van der Waals surface area contributed by atoms with Gasteiger partial charge in [0.05, 0.1) is 17.3 Å². The van der Waals surface area contributed by atoms with Crippen LogP contribution in [0.3, 0.4) is 0 Å². The first-order chi connectivity index (χ1) is 12.5. The molecule has 0 radical (unpaired) electrons. The van der Waals surface area contributed by atoms with E-state index < -0.39 is 0 Å². The van der Waals surface area contributed by atoms with Crippen LogP contribution in [0.25, 0.3) is 0 Å². The van der Waals surface area contributed by atoms with Crippen LogP contribution in [-0.4, -0.2) is 54.3 Å². The molecule has 1 fully saturated rings. The minimum atomic E-state index is -0.101. The summed E-state index contributed by atoms with van der Waals surface area (Å²) in [5, 5.41) is 3.35. The van der Waals surface area contributed by atoms with Gasteiger partial charge in [0, 0.05) is 35.3 Å². The predicted molar refractivity (Wildman–Crippen MR) is 112 cm³/mol. The van der Waals surface area contributed by atoms with Gasteiger partial charge in [-0.2, -0.15) is 0 Å². The van der Waals surface area contributed by atoms with Crippen molar-refractivity contribution in [1.82, 2.24) is 9.80 Å². The number of para-hydroxylation sites is 1. The minimum Gasteiger partial charge on any atom is -0.336 e. The Morgan fingerprint density at radius 1 is 1.00 bits per heavy atom. The van der Waals surface area contributed by atoms with E-state index in [-0.39, 0.29) is 18.4 Å². The first-order valence-electron chi connectivity index (χ1n) is 8.34. The zero-order chi connectivity index (χ0) is 18.5. The van der Waals surface area contributed by atoms with E-state index in [1.807, 2.05) is 46.2 Å². The van der Waals surface area contributed by atoms with E-state index >= 15 is 0 Å². The van der Waals surface area contributed by atoms with Gasteiger partial charge < -0.3 is 10.2 Å². The smallest absolute Gasteiger partial charge is 0.253 e. The zero-order valence-corrected chi connectivity index (χ0v) is 17.0. The second kappa shape index (κ2) is 8.83. The van der Waals surface area contributed by atoms with Crippen LogP contribution in [0.1, 0.15) is 10.4 Å². The van der Waals surface area contributed by atoms with Crippen LogP contribution in [0.2, 0.25) is 5.02 Å². The van der Waals surface area contributed by atoms with E-state index in [0.717, 1.165) is 3.57 Å². The molecule has 136 valence electrons. The van der Waals surface area contributed by atoms with Crippen molar-refractivity contribution in [3.05, 3.63) is 62.7 Å². The van der Waals surface area contributed by atoms with Crippen molar-refractivity contribution in [2.45, 2.75) is 0 Å². The molecule has 1 aliphatic heterocycles. The third-order valence-corrected chi connectivity index (χ3v) is 5.31. The molecule has 1 heterocycles. The average molecular weight is 484 g/mol. The molecule has 2 aromatic rings. The Morgan fingerprint density at radius 2 is 1.65 bits per heavy atom. The van der Waals surface area contributed by atoms with Crippen LogP contribution in [0.15, 0.2) is 48.5 Å². The van der Waals surface area contributed by atoms with Gasteiger partial charge in [0.15, 0.2) is 0 Å². The van der Waals surface area contributed by atoms with E-state index in [0.29, 0.717) is 42.5 Å². The van der Waals surface area contributed by atoms with Gasteiger partial charge in [-0.3, -0.25) is 14.5 Å². The molecular weight excluding hydrogens is 465 g/mol. The highest BCUT2D eigenvalue weighted by atomic mass is 127. The number of carbonyl (C=O) groups excluding carboxylic acids is 2. The first kappa shape index (κ1) is 19.1. The molecule has 1 aliphatic rings. The fourth-order valence-corrected chi connectivity index (χ4v) is 3.38. The van der Waals surface area contributed by atoms with E-state index in [1.165, 1.54) is 0 Å². The highest BCUT2D eigenvalue weighted by molar-refractivity contribution is 14.1. The van der Waals surface area contributed by atoms with Crippen molar-refractivity contribution in [1.29, 1.82) is 0 Å². The quantitative estimate of drug-likeness (QED) is 0.679. The summed E-state index contributed by atoms with van der Waals surface area (Å²) in [5.74, 6) is -0.0583. The molecule has 5 nitrogen and oxygen atoms in total. The van der Waals surface area contributed by atoms with Crippen molar-refractivity contribution < 1.29 is 9.59 Å². The number of halogens is 2. The van der Waals surface area contributed by atoms with Gasteiger partial charge in [-0.05, 0) is 59.0 Å². The Kier molecular flexibility index (Phi) is 6.50. The molecule has 0 saturated carbocycles. The Hall–Kier alpha value is -1.64. The number of nitrogens with zero attached hydrogens (tertiary/aromatic N) is 2. The molecule has 2 amide bonds. The summed E-state index contributed by atoms with van der Waals surface area (Å²) in [6.45, 7) is 2.86. The topological polar surface area (TPSA) is 52.7 Å². The number of piperazine rings is 1. The first-order valence-corrected chi connectivity index (χ1v) is 9.80. The maximum absolute atomic E-state index is 12.5. The van der Waals surface area contributed by atoms with Crippen molar-refractivity contribution >= 4 is 51.7 Å². The molecular formula is C19H19ClIN3O2. The van der Waals surface area contributed by atoms with Crippen molar-refractivity contribution in [3.8, 4) is 0 Å². The molecule has 0 unspecified atom stereocenters. The highest BCUT2D eigenvalue weighted by Gasteiger charge is 2.23. The largest absolute Gasteiger partial charge is 0.336 e. The molecule has 0 atom stereocenters. The Balaban J connectivity index is 1.49. The molecule has 0 aliphatic carbocycles. The lowest BCUT2D eigenvalue weighted by Crippen LogP contribution is -2.50. The fraction of sp³-hybridized carbons (Fsp3) is 0.263. The molecule has 7 heteroatoms. The number of anilines is 1.